The molecule has 0 aliphatic carbocycles. The van der Waals surface area contributed by atoms with Crippen molar-refractivity contribution in [2.75, 3.05) is 0 Å². The van der Waals surface area contributed by atoms with Crippen LogP contribution in [-0.2, 0) is 14.9 Å². The van der Waals surface area contributed by atoms with Gasteiger partial charge in [-0.25, -0.2) is 4.79 Å². The number of carboxylic acid groups (broad SMARTS) is 1. The Morgan fingerprint density at radius 1 is 1.36 bits per heavy atom. The molecular weight excluding hydrogens is 187 g/mol. The van der Waals surface area contributed by atoms with Crippen molar-refractivity contribution in [3.8, 4) is 0 Å². The van der Waals surface area contributed by atoms with Crippen molar-refractivity contribution in [3.05, 3.63) is 11.2 Å². The van der Waals surface area contributed by atoms with E-state index >= 15 is 0 Å². The molecule has 60 valence electrons. The van der Waals surface area contributed by atoms with Gasteiger partial charge in [0.25, 0.3) is 0 Å². The van der Waals surface area contributed by atoms with Gasteiger partial charge >= 0.3 is 45.6 Å². The van der Waals surface area contributed by atoms with Crippen molar-refractivity contribution < 1.29 is 28.0 Å². The van der Waals surface area contributed by atoms with E-state index in [4.69, 9.17) is 14.8 Å². The summed E-state index contributed by atoms with van der Waals surface area (Å²) in [6.45, 7) is 0. The summed E-state index contributed by atoms with van der Waals surface area (Å²) in [5.74, 6) is -1.91. The predicted octanol–water partition coefficient (Wildman–Crippen LogP) is -1.29. The normalized spacial score (nSPS) is 11.9. The molecule has 0 amide bonds. The fourth-order valence-electron chi connectivity index (χ4n) is 0.232. The van der Waals surface area contributed by atoms with Crippen LogP contribution in [-0.4, -0.2) is 58.7 Å². The Labute approximate surface area is 84.6 Å². The summed E-state index contributed by atoms with van der Waals surface area (Å²) < 4.78 is 27.9. The number of aliphatic hydroxyl groups excluding tert-OH is 1. The molecule has 0 aromatic carbocycles. The van der Waals surface area contributed by atoms with Crippen molar-refractivity contribution >= 4 is 45.6 Å². The zero-order valence-electron chi connectivity index (χ0n) is 4.55. The molecule has 0 fully saturated rings. The van der Waals surface area contributed by atoms with Gasteiger partial charge in [-0.05, 0) is 0 Å². The molecule has 6 nitrogen and oxygen atoms in total. The predicted molar refractivity (Wildman–Crippen MR) is 37.0 cm³/mol. The minimum absolute atomic E-state index is 0. The first kappa shape index (κ1) is 13.5. The molecule has 0 aromatic heterocycles. The molecule has 0 rings (SSSR count). The topological polar surface area (TPSA) is 112 Å². The van der Waals surface area contributed by atoms with Crippen LogP contribution in [0.25, 0.3) is 0 Å². The van der Waals surface area contributed by atoms with Crippen LogP contribution in [0.2, 0.25) is 0 Å². The Balaban J connectivity index is 0. The van der Waals surface area contributed by atoms with Gasteiger partial charge in [-0.3, -0.25) is 4.55 Å². The van der Waals surface area contributed by atoms with E-state index < -0.39 is 21.0 Å². The van der Waals surface area contributed by atoms with Gasteiger partial charge in [0.2, 0.25) is 4.91 Å². The van der Waals surface area contributed by atoms with E-state index in [1.54, 1.807) is 0 Å². The van der Waals surface area contributed by atoms with Crippen LogP contribution in [0.5, 0.6) is 0 Å². The molecule has 0 atom stereocenters. The standard InChI is InChI=1S/C3H4O6S.Na.H/c4-1-2(3(5)6)10(7,8)9;;/h1,4H,(H,5,6)(H,7,8,9);;. The van der Waals surface area contributed by atoms with Gasteiger partial charge in [0.05, 0.1) is 0 Å². The fourth-order valence-corrected chi connectivity index (χ4v) is 0.586. The summed E-state index contributed by atoms with van der Waals surface area (Å²) >= 11 is 0. The van der Waals surface area contributed by atoms with Crippen molar-refractivity contribution in [2.45, 2.75) is 0 Å². The average molecular weight is 192 g/mol. The first-order chi connectivity index (χ1) is 4.39. The summed E-state index contributed by atoms with van der Waals surface area (Å²) in [6.07, 6.45) is -0.197. The molecule has 8 heteroatoms. The number of rotatable bonds is 2. The second-order valence-corrected chi connectivity index (χ2v) is 2.66. The van der Waals surface area contributed by atoms with E-state index in [-0.39, 0.29) is 35.8 Å². The molecule has 0 aliphatic rings. The van der Waals surface area contributed by atoms with Gasteiger partial charge in [-0.15, -0.1) is 0 Å². The molecule has 0 heterocycles. The van der Waals surface area contributed by atoms with E-state index in [2.05, 4.69) is 0 Å². The second kappa shape index (κ2) is 4.73. The zero-order valence-corrected chi connectivity index (χ0v) is 5.37. The van der Waals surface area contributed by atoms with E-state index in [1.807, 2.05) is 0 Å². The third kappa shape index (κ3) is 4.38. The molecule has 0 unspecified atom stereocenters. The number of carboxylic acids is 1. The number of carbonyl (C=O) groups is 1. The maximum absolute atomic E-state index is 9.95. The van der Waals surface area contributed by atoms with Crippen LogP contribution in [0.15, 0.2) is 11.2 Å². The molecule has 0 aromatic rings. The van der Waals surface area contributed by atoms with Crippen LogP contribution in [0, 0.1) is 0 Å². The Kier molecular flexibility index (Phi) is 5.81. The van der Waals surface area contributed by atoms with Crippen molar-refractivity contribution in [2.24, 2.45) is 0 Å². The second-order valence-electron chi connectivity index (χ2n) is 1.27. The molecular formula is C3H5NaO6S. The third-order valence-electron chi connectivity index (χ3n) is 0.606. The Bertz CT molecular complexity index is 264. The van der Waals surface area contributed by atoms with Gasteiger partial charge in [0.1, 0.15) is 6.26 Å². The van der Waals surface area contributed by atoms with E-state index in [1.165, 1.54) is 0 Å². The van der Waals surface area contributed by atoms with Crippen LogP contribution in [0.3, 0.4) is 0 Å². The SMILES string of the molecule is O=C(O)C(=CO)S(=O)(=O)O.[NaH]. The fraction of sp³-hybridized carbons (Fsp3) is 0. The average Bonchev–Trinajstić information content (AvgIpc) is 1.60. The molecule has 0 aliphatic heterocycles. The van der Waals surface area contributed by atoms with Gasteiger partial charge in [-0.2, -0.15) is 8.42 Å². The Morgan fingerprint density at radius 2 is 1.73 bits per heavy atom. The number of hydrogen-bond acceptors (Lipinski definition) is 4. The summed E-state index contributed by atoms with van der Waals surface area (Å²) in [6, 6.07) is 0. The molecule has 0 radical (unpaired) electrons. The Hall–Kier alpha value is -0.0800. The first-order valence-electron chi connectivity index (χ1n) is 1.94. The molecule has 11 heavy (non-hydrogen) atoms. The summed E-state index contributed by atoms with van der Waals surface area (Å²) in [4.78, 5) is 8.36. The molecule has 0 bridgehead atoms. The number of aliphatic carboxylic acids is 1. The Morgan fingerprint density at radius 3 is 1.73 bits per heavy atom. The molecule has 0 spiro atoms. The van der Waals surface area contributed by atoms with Crippen molar-refractivity contribution in [3.63, 3.8) is 0 Å². The summed E-state index contributed by atoms with van der Waals surface area (Å²) in [5.41, 5.74) is 0. The van der Waals surface area contributed by atoms with E-state index in [0.717, 1.165) is 0 Å². The first-order valence-corrected chi connectivity index (χ1v) is 3.38. The van der Waals surface area contributed by atoms with Crippen LogP contribution in [0.1, 0.15) is 0 Å². The van der Waals surface area contributed by atoms with Crippen molar-refractivity contribution in [1.29, 1.82) is 0 Å². The molecule has 0 saturated carbocycles. The molecule has 0 saturated heterocycles. The number of hydrogen-bond donors (Lipinski definition) is 3. The van der Waals surface area contributed by atoms with Gasteiger partial charge in [0, 0.05) is 0 Å². The van der Waals surface area contributed by atoms with E-state index in [0.29, 0.717) is 0 Å². The maximum atomic E-state index is 9.95. The van der Waals surface area contributed by atoms with Gasteiger partial charge in [-0.1, -0.05) is 0 Å². The minimum atomic E-state index is -4.80. The van der Waals surface area contributed by atoms with E-state index in [9.17, 15) is 13.2 Å². The van der Waals surface area contributed by atoms with Crippen LogP contribution in [0.4, 0.5) is 0 Å². The molecule has 3 N–H and O–H groups in total. The van der Waals surface area contributed by atoms with Crippen LogP contribution >= 0.6 is 0 Å². The zero-order chi connectivity index (χ0) is 8.36. The monoisotopic (exact) mass is 192 g/mol. The quantitative estimate of drug-likeness (QED) is 0.217. The number of aliphatic hydroxyl groups is 1. The summed E-state index contributed by atoms with van der Waals surface area (Å²) in [7, 11) is -4.80. The van der Waals surface area contributed by atoms with Crippen molar-refractivity contribution in [1.82, 2.24) is 0 Å². The van der Waals surface area contributed by atoms with Crippen LogP contribution < -0.4 is 0 Å². The third-order valence-corrected chi connectivity index (χ3v) is 1.44. The van der Waals surface area contributed by atoms with Gasteiger partial charge in [0.15, 0.2) is 0 Å². The van der Waals surface area contributed by atoms with Gasteiger partial charge < -0.3 is 10.2 Å². The summed E-state index contributed by atoms with van der Waals surface area (Å²) in [5, 5.41) is 15.9.